The van der Waals surface area contributed by atoms with Gasteiger partial charge in [-0.05, 0) is 24.6 Å². The summed E-state index contributed by atoms with van der Waals surface area (Å²) in [4.78, 5) is 0. The molecule has 2 aromatic rings. The van der Waals surface area contributed by atoms with Crippen LogP contribution in [0.5, 0.6) is 0 Å². The Morgan fingerprint density at radius 2 is 2.19 bits per heavy atom. The molecule has 1 atom stereocenters. The molecule has 0 amide bonds. The predicted octanol–water partition coefficient (Wildman–Crippen LogP) is 1.89. The first-order chi connectivity index (χ1) is 7.13. The Bertz CT molecular complexity index is 551. The van der Waals surface area contributed by atoms with Gasteiger partial charge in [-0.15, -0.1) is 12.4 Å². The minimum Gasteiger partial charge on any atom is -0.324 e. The topological polar surface area (TPSA) is 67.6 Å². The van der Waals surface area contributed by atoms with E-state index in [-0.39, 0.29) is 18.4 Å². The first-order valence-corrected chi connectivity index (χ1v) is 4.76. The number of hydrogen-bond acceptors (Lipinski definition) is 3. The van der Waals surface area contributed by atoms with Crippen LogP contribution >= 0.6 is 12.4 Å². The lowest BCUT2D eigenvalue weighted by atomic mass is 10.1. The first-order valence-electron chi connectivity index (χ1n) is 4.76. The van der Waals surface area contributed by atoms with E-state index in [1.165, 1.54) is 0 Å². The van der Waals surface area contributed by atoms with Crippen molar-refractivity contribution >= 4 is 23.3 Å². The van der Waals surface area contributed by atoms with Gasteiger partial charge in [-0.2, -0.15) is 10.4 Å². The quantitative estimate of drug-likeness (QED) is 0.822. The molecular formula is C11H13ClN4. The molecular weight excluding hydrogens is 224 g/mol. The molecule has 0 bridgehead atoms. The van der Waals surface area contributed by atoms with Crippen molar-refractivity contribution in [2.75, 3.05) is 0 Å². The lowest BCUT2D eigenvalue weighted by molar-refractivity contribution is 0.785. The molecule has 0 saturated carbocycles. The van der Waals surface area contributed by atoms with Crippen LogP contribution in [0.15, 0.2) is 18.2 Å². The summed E-state index contributed by atoms with van der Waals surface area (Å²) in [5.41, 5.74) is 8.26. The summed E-state index contributed by atoms with van der Waals surface area (Å²) in [6.07, 6.45) is 0. The molecule has 1 aromatic carbocycles. The fourth-order valence-electron chi connectivity index (χ4n) is 1.64. The van der Waals surface area contributed by atoms with Gasteiger partial charge in [-0.1, -0.05) is 6.07 Å². The van der Waals surface area contributed by atoms with Gasteiger partial charge in [-0.3, -0.25) is 4.68 Å². The summed E-state index contributed by atoms with van der Waals surface area (Å²) in [7, 11) is 1.83. The lowest BCUT2D eigenvalue weighted by Crippen LogP contribution is -2.04. The van der Waals surface area contributed by atoms with E-state index in [2.05, 4.69) is 11.2 Å². The molecule has 0 saturated heterocycles. The van der Waals surface area contributed by atoms with Crippen molar-refractivity contribution in [2.45, 2.75) is 13.0 Å². The van der Waals surface area contributed by atoms with Gasteiger partial charge in [0.05, 0.1) is 5.52 Å². The molecule has 0 spiro atoms. The van der Waals surface area contributed by atoms with E-state index in [0.717, 1.165) is 16.5 Å². The first kappa shape index (κ1) is 12.5. The second kappa shape index (κ2) is 4.52. The summed E-state index contributed by atoms with van der Waals surface area (Å²) in [6, 6.07) is 7.89. The number of rotatable bonds is 1. The van der Waals surface area contributed by atoms with Crippen LogP contribution < -0.4 is 5.73 Å². The molecule has 0 aliphatic carbocycles. The maximum atomic E-state index is 8.88. The van der Waals surface area contributed by atoms with Crippen molar-refractivity contribution < 1.29 is 0 Å². The third-order valence-corrected chi connectivity index (χ3v) is 2.51. The van der Waals surface area contributed by atoms with Crippen molar-refractivity contribution in [1.82, 2.24) is 9.78 Å². The Morgan fingerprint density at radius 3 is 2.75 bits per heavy atom. The average molecular weight is 237 g/mol. The third-order valence-electron chi connectivity index (χ3n) is 2.51. The molecule has 1 unspecified atom stereocenters. The summed E-state index contributed by atoms with van der Waals surface area (Å²) in [5, 5.41) is 13.9. The Morgan fingerprint density at radius 1 is 1.50 bits per heavy atom. The van der Waals surface area contributed by atoms with Crippen molar-refractivity contribution in [3.63, 3.8) is 0 Å². The van der Waals surface area contributed by atoms with Gasteiger partial charge < -0.3 is 5.73 Å². The van der Waals surface area contributed by atoms with Gasteiger partial charge in [-0.25, -0.2) is 0 Å². The van der Waals surface area contributed by atoms with Gasteiger partial charge in [0.1, 0.15) is 6.07 Å². The second-order valence-electron chi connectivity index (χ2n) is 3.65. The minimum atomic E-state index is -0.00478. The van der Waals surface area contributed by atoms with E-state index < -0.39 is 0 Å². The van der Waals surface area contributed by atoms with Crippen LogP contribution in [-0.2, 0) is 7.05 Å². The average Bonchev–Trinajstić information content (AvgIpc) is 2.55. The van der Waals surface area contributed by atoms with Crippen molar-refractivity contribution in [3.8, 4) is 6.07 Å². The number of halogens is 1. The smallest absolute Gasteiger partial charge is 0.170 e. The number of benzene rings is 1. The molecule has 0 aliphatic heterocycles. The molecule has 1 aromatic heterocycles. The van der Waals surface area contributed by atoms with Crippen LogP contribution in [0.4, 0.5) is 0 Å². The fourth-order valence-corrected chi connectivity index (χ4v) is 1.64. The molecule has 16 heavy (non-hydrogen) atoms. The van der Waals surface area contributed by atoms with E-state index in [9.17, 15) is 0 Å². The fraction of sp³-hybridized carbons (Fsp3) is 0.273. The normalized spacial score (nSPS) is 11.9. The van der Waals surface area contributed by atoms with Gasteiger partial charge in [0, 0.05) is 18.5 Å². The number of nitrogens with two attached hydrogens (primary N) is 1. The van der Waals surface area contributed by atoms with Crippen LogP contribution in [0.1, 0.15) is 24.2 Å². The second-order valence-corrected chi connectivity index (χ2v) is 3.65. The van der Waals surface area contributed by atoms with E-state index in [1.54, 1.807) is 4.68 Å². The summed E-state index contributed by atoms with van der Waals surface area (Å²) in [6.45, 7) is 1.93. The van der Waals surface area contributed by atoms with Crippen LogP contribution in [0, 0.1) is 11.3 Å². The molecule has 84 valence electrons. The highest BCUT2D eigenvalue weighted by molar-refractivity contribution is 5.85. The highest BCUT2D eigenvalue weighted by Crippen LogP contribution is 2.21. The molecule has 2 N–H and O–H groups in total. The summed E-state index contributed by atoms with van der Waals surface area (Å²) >= 11 is 0. The monoisotopic (exact) mass is 236 g/mol. The number of hydrogen-bond donors (Lipinski definition) is 1. The number of aromatic nitrogens is 2. The number of nitriles is 1. The predicted molar refractivity (Wildman–Crippen MR) is 65.3 cm³/mol. The molecule has 2 rings (SSSR count). The Balaban J connectivity index is 0.00000128. The molecule has 0 radical (unpaired) electrons. The largest absolute Gasteiger partial charge is 0.324 e. The highest BCUT2D eigenvalue weighted by Gasteiger charge is 2.09. The van der Waals surface area contributed by atoms with Gasteiger partial charge in [0.15, 0.2) is 5.69 Å². The van der Waals surface area contributed by atoms with Crippen LogP contribution in [0.25, 0.3) is 10.9 Å². The van der Waals surface area contributed by atoms with Crippen LogP contribution in [0.2, 0.25) is 0 Å². The summed E-state index contributed by atoms with van der Waals surface area (Å²) < 4.78 is 1.71. The van der Waals surface area contributed by atoms with E-state index in [0.29, 0.717) is 5.69 Å². The Hall–Kier alpha value is -1.57. The van der Waals surface area contributed by atoms with E-state index >= 15 is 0 Å². The number of nitrogens with zero attached hydrogens (tertiary/aromatic N) is 3. The third kappa shape index (κ3) is 1.87. The number of aryl methyl sites for hydroxylation is 1. The zero-order chi connectivity index (χ0) is 11.0. The molecule has 5 heteroatoms. The molecule has 4 nitrogen and oxygen atoms in total. The Kier molecular flexibility index (Phi) is 3.53. The SMILES string of the molecule is CC(N)c1ccc2c(C#N)nn(C)c2c1.Cl. The highest BCUT2D eigenvalue weighted by atomic mass is 35.5. The maximum Gasteiger partial charge on any atom is 0.170 e. The standard InChI is InChI=1S/C11H12N4.ClH/c1-7(13)8-3-4-9-10(6-12)14-15(2)11(9)5-8;/h3-5,7H,13H2,1-2H3;1H. The zero-order valence-electron chi connectivity index (χ0n) is 9.14. The maximum absolute atomic E-state index is 8.88. The molecule has 0 aliphatic rings. The van der Waals surface area contributed by atoms with Gasteiger partial charge in [0.2, 0.25) is 0 Å². The molecule has 0 fully saturated rings. The summed E-state index contributed by atoms with van der Waals surface area (Å²) in [5.74, 6) is 0. The van der Waals surface area contributed by atoms with Crippen LogP contribution in [0.3, 0.4) is 0 Å². The van der Waals surface area contributed by atoms with Crippen molar-refractivity contribution in [2.24, 2.45) is 12.8 Å². The lowest BCUT2D eigenvalue weighted by Gasteiger charge is -2.05. The van der Waals surface area contributed by atoms with E-state index in [4.69, 9.17) is 11.0 Å². The van der Waals surface area contributed by atoms with Crippen molar-refractivity contribution in [1.29, 1.82) is 5.26 Å². The Labute approximate surface area is 100 Å². The van der Waals surface area contributed by atoms with Gasteiger partial charge >= 0.3 is 0 Å². The van der Waals surface area contributed by atoms with Crippen LogP contribution in [-0.4, -0.2) is 9.78 Å². The number of fused-ring (bicyclic) bond motifs is 1. The van der Waals surface area contributed by atoms with E-state index in [1.807, 2.05) is 32.2 Å². The minimum absolute atomic E-state index is 0. The molecule has 1 heterocycles. The van der Waals surface area contributed by atoms with Gasteiger partial charge in [0.25, 0.3) is 0 Å². The zero-order valence-corrected chi connectivity index (χ0v) is 9.95. The van der Waals surface area contributed by atoms with Crippen molar-refractivity contribution in [3.05, 3.63) is 29.5 Å².